The molecular formula is C19H23NO. The van der Waals surface area contributed by atoms with Gasteiger partial charge in [0.15, 0.2) is 0 Å². The summed E-state index contributed by atoms with van der Waals surface area (Å²) in [6.07, 6.45) is 0.233. The van der Waals surface area contributed by atoms with Crippen LogP contribution in [0.25, 0.3) is 0 Å². The summed E-state index contributed by atoms with van der Waals surface area (Å²) >= 11 is 0. The van der Waals surface area contributed by atoms with E-state index in [1.807, 2.05) is 6.07 Å². The van der Waals surface area contributed by atoms with Gasteiger partial charge in [0, 0.05) is 25.2 Å². The van der Waals surface area contributed by atoms with Crippen molar-refractivity contribution in [1.29, 1.82) is 0 Å². The third-order valence-corrected chi connectivity index (χ3v) is 4.11. The van der Waals surface area contributed by atoms with Crippen molar-refractivity contribution in [3.63, 3.8) is 0 Å². The van der Waals surface area contributed by atoms with Crippen LogP contribution in [0.1, 0.15) is 30.9 Å². The highest BCUT2D eigenvalue weighted by molar-refractivity contribution is 5.34. The molecule has 0 bridgehead atoms. The highest BCUT2D eigenvalue weighted by Crippen LogP contribution is 2.26. The number of para-hydroxylation sites is 1. The number of fused-ring (bicyclic) bond motifs is 1. The monoisotopic (exact) mass is 281 g/mol. The number of rotatable bonds is 3. The summed E-state index contributed by atoms with van der Waals surface area (Å²) in [5, 5.41) is 0. The summed E-state index contributed by atoms with van der Waals surface area (Å²) in [4.78, 5) is 2.51. The van der Waals surface area contributed by atoms with Crippen molar-refractivity contribution >= 4 is 0 Å². The molecule has 0 radical (unpaired) electrons. The molecule has 2 nitrogen and oxygen atoms in total. The molecule has 110 valence electrons. The van der Waals surface area contributed by atoms with Gasteiger partial charge in [-0.3, -0.25) is 4.90 Å². The predicted octanol–water partition coefficient (Wildman–Crippen LogP) is 4.07. The van der Waals surface area contributed by atoms with Gasteiger partial charge >= 0.3 is 0 Å². The Morgan fingerprint density at radius 2 is 1.81 bits per heavy atom. The molecule has 2 atom stereocenters. The van der Waals surface area contributed by atoms with Crippen LogP contribution in [0.4, 0.5) is 0 Å². The van der Waals surface area contributed by atoms with E-state index >= 15 is 0 Å². The third-order valence-electron chi connectivity index (χ3n) is 4.11. The molecule has 0 unspecified atom stereocenters. The van der Waals surface area contributed by atoms with Crippen LogP contribution in [-0.4, -0.2) is 24.1 Å². The fraction of sp³-hybridized carbons (Fsp3) is 0.368. The molecule has 0 spiro atoms. The van der Waals surface area contributed by atoms with E-state index in [0.717, 1.165) is 25.4 Å². The van der Waals surface area contributed by atoms with Crippen molar-refractivity contribution in [3.05, 3.63) is 65.7 Å². The molecule has 1 heterocycles. The minimum Gasteiger partial charge on any atom is -0.489 e. The van der Waals surface area contributed by atoms with E-state index in [1.54, 1.807) is 0 Å². The summed E-state index contributed by atoms with van der Waals surface area (Å²) < 4.78 is 6.03. The summed E-state index contributed by atoms with van der Waals surface area (Å²) in [6.45, 7) is 7.47. The Labute approximate surface area is 127 Å². The first-order valence-electron chi connectivity index (χ1n) is 7.74. The molecule has 21 heavy (non-hydrogen) atoms. The Morgan fingerprint density at radius 1 is 1.10 bits per heavy atom. The maximum atomic E-state index is 6.03. The standard InChI is InChI=1S/C19H23NO/c1-15(17-8-4-3-5-9-17)12-20-13-16(2)21-19-11-7-6-10-18(19)14-20/h3-11,15-16H,12-14H2,1-2H3/t15-,16+/m1/s1. The summed E-state index contributed by atoms with van der Waals surface area (Å²) in [5.41, 5.74) is 2.70. The van der Waals surface area contributed by atoms with Crippen LogP contribution in [0.3, 0.4) is 0 Å². The lowest BCUT2D eigenvalue weighted by atomic mass is 10.0. The number of nitrogens with zero attached hydrogens (tertiary/aromatic N) is 1. The van der Waals surface area contributed by atoms with Crippen LogP contribution in [0, 0.1) is 0 Å². The SMILES string of the molecule is C[C@H](CN1Cc2ccccc2O[C@@H](C)C1)c1ccccc1. The summed E-state index contributed by atoms with van der Waals surface area (Å²) in [7, 11) is 0. The Balaban J connectivity index is 1.74. The largest absolute Gasteiger partial charge is 0.489 e. The van der Waals surface area contributed by atoms with Crippen molar-refractivity contribution in [1.82, 2.24) is 4.90 Å². The molecule has 0 fully saturated rings. The lowest BCUT2D eigenvalue weighted by Gasteiger charge is -2.25. The fourth-order valence-corrected chi connectivity index (χ4v) is 3.09. The number of ether oxygens (including phenoxy) is 1. The molecule has 3 rings (SSSR count). The van der Waals surface area contributed by atoms with E-state index in [4.69, 9.17) is 4.74 Å². The van der Waals surface area contributed by atoms with E-state index in [-0.39, 0.29) is 6.10 Å². The zero-order valence-electron chi connectivity index (χ0n) is 12.8. The van der Waals surface area contributed by atoms with E-state index < -0.39 is 0 Å². The fourth-order valence-electron chi connectivity index (χ4n) is 3.09. The Kier molecular flexibility index (Phi) is 4.26. The molecule has 2 heteroatoms. The Morgan fingerprint density at radius 3 is 2.62 bits per heavy atom. The van der Waals surface area contributed by atoms with E-state index in [1.165, 1.54) is 11.1 Å². The molecule has 2 aromatic rings. The Hall–Kier alpha value is -1.80. The van der Waals surface area contributed by atoms with Crippen molar-refractivity contribution in [2.75, 3.05) is 13.1 Å². The van der Waals surface area contributed by atoms with Crippen molar-refractivity contribution < 1.29 is 4.74 Å². The van der Waals surface area contributed by atoms with Crippen molar-refractivity contribution in [2.45, 2.75) is 32.4 Å². The van der Waals surface area contributed by atoms with Crippen LogP contribution in [0.15, 0.2) is 54.6 Å². The van der Waals surface area contributed by atoms with E-state index in [2.05, 4.69) is 67.3 Å². The second-order valence-corrected chi connectivity index (χ2v) is 6.04. The smallest absolute Gasteiger partial charge is 0.124 e. The lowest BCUT2D eigenvalue weighted by molar-refractivity contribution is 0.157. The van der Waals surface area contributed by atoms with Gasteiger partial charge < -0.3 is 4.74 Å². The number of hydrogen-bond donors (Lipinski definition) is 0. The van der Waals surface area contributed by atoms with Crippen molar-refractivity contribution in [2.24, 2.45) is 0 Å². The molecule has 1 aliphatic rings. The van der Waals surface area contributed by atoms with Crippen LogP contribution in [0.5, 0.6) is 5.75 Å². The molecule has 1 aliphatic heterocycles. The van der Waals surface area contributed by atoms with Gasteiger partial charge in [-0.2, -0.15) is 0 Å². The molecule has 0 saturated heterocycles. The zero-order chi connectivity index (χ0) is 14.7. The molecule has 0 N–H and O–H groups in total. The summed E-state index contributed by atoms with van der Waals surface area (Å²) in [6, 6.07) is 19.2. The third kappa shape index (κ3) is 3.45. The first kappa shape index (κ1) is 14.2. The quantitative estimate of drug-likeness (QED) is 0.840. The Bertz CT molecular complexity index is 581. The van der Waals surface area contributed by atoms with Gasteiger partial charge in [0.2, 0.25) is 0 Å². The molecule has 0 amide bonds. The molecule has 2 aromatic carbocycles. The molecule has 0 aromatic heterocycles. The zero-order valence-corrected chi connectivity index (χ0v) is 12.8. The minimum absolute atomic E-state index is 0.233. The molecular weight excluding hydrogens is 258 g/mol. The minimum atomic E-state index is 0.233. The van der Waals surface area contributed by atoms with Crippen LogP contribution in [0.2, 0.25) is 0 Å². The van der Waals surface area contributed by atoms with Gasteiger partial charge in [0.25, 0.3) is 0 Å². The van der Waals surface area contributed by atoms with Crippen LogP contribution in [-0.2, 0) is 6.54 Å². The van der Waals surface area contributed by atoms with Gasteiger partial charge in [0.1, 0.15) is 11.9 Å². The lowest BCUT2D eigenvalue weighted by Crippen LogP contribution is -2.33. The maximum Gasteiger partial charge on any atom is 0.124 e. The topological polar surface area (TPSA) is 12.5 Å². The van der Waals surface area contributed by atoms with Gasteiger partial charge in [-0.25, -0.2) is 0 Å². The second kappa shape index (κ2) is 6.31. The van der Waals surface area contributed by atoms with Crippen LogP contribution >= 0.6 is 0 Å². The van der Waals surface area contributed by atoms with E-state index in [9.17, 15) is 0 Å². The predicted molar refractivity (Wildman–Crippen MR) is 86.7 cm³/mol. The van der Waals surface area contributed by atoms with Gasteiger partial charge in [-0.05, 0) is 24.5 Å². The first-order valence-corrected chi connectivity index (χ1v) is 7.74. The molecule has 0 aliphatic carbocycles. The number of hydrogen-bond acceptors (Lipinski definition) is 2. The summed E-state index contributed by atoms with van der Waals surface area (Å²) in [5.74, 6) is 1.57. The highest BCUT2D eigenvalue weighted by atomic mass is 16.5. The number of benzene rings is 2. The molecule has 0 saturated carbocycles. The second-order valence-electron chi connectivity index (χ2n) is 6.04. The first-order chi connectivity index (χ1) is 10.2. The van der Waals surface area contributed by atoms with Gasteiger partial charge in [-0.1, -0.05) is 55.5 Å². The van der Waals surface area contributed by atoms with Crippen molar-refractivity contribution in [3.8, 4) is 5.75 Å². The van der Waals surface area contributed by atoms with E-state index in [0.29, 0.717) is 5.92 Å². The normalized spacial score (nSPS) is 20.2. The van der Waals surface area contributed by atoms with Gasteiger partial charge in [0.05, 0.1) is 0 Å². The highest BCUT2D eigenvalue weighted by Gasteiger charge is 2.21. The van der Waals surface area contributed by atoms with Crippen LogP contribution < -0.4 is 4.74 Å². The average Bonchev–Trinajstić information content (AvgIpc) is 2.65. The van der Waals surface area contributed by atoms with Gasteiger partial charge in [-0.15, -0.1) is 0 Å². The maximum absolute atomic E-state index is 6.03. The average molecular weight is 281 g/mol.